The average molecular weight is 696 g/mol. The SMILES string of the molecule is C[C@H](CC/C=C/C(=O)Nc1ccccc1N)[C@@H](OC(=O)Nc1ccc(Br)cc1)c1cc(Br)cc(Br)c1O. The van der Waals surface area contributed by atoms with Crippen LogP contribution in [0, 0.1) is 5.92 Å². The summed E-state index contributed by atoms with van der Waals surface area (Å²) in [6.07, 6.45) is 2.92. The Hall–Kier alpha value is -2.82. The Labute approximate surface area is 240 Å². The van der Waals surface area contributed by atoms with Gasteiger partial charge in [-0.25, -0.2) is 4.79 Å². The highest BCUT2D eigenvalue weighted by Crippen LogP contribution is 2.40. The van der Waals surface area contributed by atoms with E-state index in [1.165, 1.54) is 6.08 Å². The zero-order valence-electron chi connectivity index (χ0n) is 19.9. The Kier molecular flexibility index (Phi) is 10.6. The van der Waals surface area contributed by atoms with Crippen LogP contribution in [0.3, 0.4) is 0 Å². The molecule has 0 unspecified atom stereocenters. The fraction of sp³-hybridized carbons (Fsp3) is 0.185. The zero-order valence-corrected chi connectivity index (χ0v) is 24.6. The number of amides is 2. The third kappa shape index (κ3) is 8.62. The molecular formula is C27H26Br3N3O4. The molecule has 3 rings (SSSR count). The molecule has 3 aromatic rings. The number of hydrogen-bond donors (Lipinski definition) is 4. The van der Waals surface area contributed by atoms with Gasteiger partial charge in [-0.1, -0.05) is 57.0 Å². The number of nitrogens with two attached hydrogens (primary N) is 1. The van der Waals surface area contributed by atoms with Crippen LogP contribution in [0.5, 0.6) is 5.75 Å². The quantitative estimate of drug-likeness (QED) is 0.133. The van der Waals surface area contributed by atoms with Crippen molar-refractivity contribution in [3.05, 3.63) is 91.8 Å². The van der Waals surface area contributed by atoms with Gasteiger partial charge in [0.2, 0.25) is 5.91 Å². The van der Waals surface area contributed by atoms with Gasteiger partial charge >= 0.3 is 6.09 Å². The summed E-state index contributed by atoms with van der Waals surface area (Å²) < 4.78 is 7.89. The first kappa shape index (κ1) is 28.7. The van der Waals surface area contributed by atoms with Crippen molar-refractivity contribution < 1.29 is 19.4 Å². The van der Waals surface area contributed by atoms with Crippen molar-refractivity contribution in [3.63, 3.8) is 0 Å². The number of carbonyl (C=O) groups is 2. The lowest BCUT2D eigenvalue weighted by molar-refractivity contribution is -0.111. The van der Waals surface area contributed by atoms with E-state index in [-0.39, 0.29) is 17.6 Å². The van der Waals surface area contributed by atoms with Gasteiger partial charge < -0.3 is 20.9 Å². The van der Waals surface area contributed by atoms with Crippen molar-refractivity contribution in [2.24, 2.45) is 5.92 Å². The largest absolute Gasteiger partial charge is 0.506 e. The van der Waals surface area contributed by atoms with Gasteiger partial charge in [-0.3, -0.25) is 10.1 Å². The average Bonchev–Trinajstić information content (AvgIpc) is 2.85. The number of phenolic OH excluding ortho intramolecular Hbond substituents is 1. The molecule has 10 heteroatoms. The third-order valence-electron chi connectivity index (χ3n) is 5.48. The van der Waals surface area contributed by atoms with Crippen molar-refractivity contribution in [2.45, 2.75) is 25.9 Å². The first-order valence-corrected chi connectivity index (χ1v) is 13.7. The highest BCUT2D eigenvalue weighted by molar-refractivity contribution is 9.11. The lowest BCUT2D eigenvalue weighted by Gasteiger charge is -2.26. The van der Waals surface area contributed by atoms with Crippen molar-refractivity contribution in [3.8, 4) is 5.75 Å². The van der Waals surface area contributed by atoms with E-state index in [0.717, 1.165) is 8.95 Å². The lowest BCUT2D eigenvalue weighted by atomic mass is 9.92. The fourth-order valence-electron chi connectivity index (χ4n) is 3.57. The molecule has 0 bridgehead atoms. The minimum atomic E-state index is -0.754. The van der Waals surface area contributed by atoms with Crippen molar-refractivity contribution in [1.29, 1.82) is 0 Å². The number of nitrogen functional groups attached to an aromatic ring is 1. The molecule has 37 heavy (non-hydrogen) atoms. The van der Waals surface area contributed by atoms with Crippen molar-refractivity contribution in [1.82, 2.24) is 0 Å². The predicted molar refractivity (Wildman–Crippen MR) is 158 cm³/mol. The Morgan fingerprint density at radius 2 is 1.73 bits per heavy atom. The first-order chi connectivity index (χ1) is 17.6. The van der Waals surface area contributed by atoms with Gasteiger partial charge in [-0.05, 0) is 89.3 Å². The maximum Gasteiger partial charge on any atom is 0.412 e. The van der Waals surface area contributed by atoms with E-state index in [9.17, 15) is 14.7 Å². The van der Waals surface area contributed by atoms with Crippen LogP contribution in [0.25, 0.3) is 0 Å². The zero-order chi connectivity index (χ0) is 26.9. The summed E-state index contributed by atoms with van der Waals surface area (Å²) in [4.78, 5) is 25.0. The number of para-hydroxylation sites is 2. The van der Waals surface area contributed by atoms with Crippen molar-refractivity contribution in [2.75, 3.05) is 16.4 Å². The molecule has 3 aromatic carbocycles. The number of benzene rings is 3. The van der Waals surface area contributed by atoms with Gasteiger partial charge in [0.25, 0.3) is 0 Å². The Morgan fingerprint density at radius 3 is 2.43 bits per heavy atom. The van der Waals surface area contributed by atoms with E-state index in [0.29, 0.717) is 39.9 Å². The Balaban J connectivity index is 1.69. The summed E-state index contributed by atoms with van der Waals surface area (Å²) in [5.74, 6) is -0.493. The molecule has 194 valence electrons. The molecule has 0 radical (unpaired) electrons. The number of ether oxygens (including phenoxy) is 1. The number of rotatable bonds is 9. The molecule has 0 aliphatic rings. The molecule has 2 atom stereocenters. The molecule has 2 amide bonds. The van der Waals surface area contributed by atoms with Crippen LogP contribution in [-0.4, -0.2) is 17.1 Å². The van der Waals surface area contributed by atoms with Crippen LogP contribution in [0.2, 0.25) is 0 Å². The van der Waals surface area contributed by atoms with Crippen LogP contribution in [0.4, 0.5) is 21.9 Å². The monoisotopic (exact) mass is 693 g/mol. The van der Waals surface area contributed by atoms with Gasteiger partial charge in [0.1, 0.15) is 11.9 Å². The number of phenols is 1. The second-order valence-corrected chi connectivity index (χ2v) is 11.0. The van der Waals surface area contributed by atoms with Crippen LogP contribution < -0.4 is 16.4 Å². The summed E-state index contributed by atoms with van der Waals surface area (Å²) in [5, 5.41) is 16.2. The van der Waals surface area contributed by atoms with Gasteiger partial charge in [-0.2, -0.15) is 0 Å². The molecule has 0 fully saturated rings. The second kappa shape index (κ2) is 13.6. The summed E-state index contributed by atoms with van der Waals surface area (Å²) in [5.41, 5.74) is 7.93. The van der Waals surface area contributed by atoms with Crippen LogP contribution >= 0.6 is 47.8 Å². The standard InChI is InChI=1S/C27H26Br3N3O4/c1-16(6-2-5-9-24(34)33-23-8-4-3-7-22(23)31)26(20-14-18(29)15-21(30)25(20)35)37-27(36)32-19-12-10-17(28)11-13-19/h3-5,7-16,26,35H,2,6,31H2,1H3,(H,32,36)(H,33,34)/b9-5+/t16-,26-/m1/s1. The van der Waals surface area contributed by atoms with Crippen LogP contribution in [0.1, 0.15) is 31.4 Å². The maximum absolute atomic E-state index is 12.8. The van der Waals surface area contributed by atoms with E-state index in [4.69, 9.17) is 10.5 Å². The van der Waals surface area contributed by atoms with Gasteiger partial charge in [0.05, 0.1) is 15.8 Å². The van der Waals surface area contributed by atoms with E-state index in [1.54, 1.807) is 54.6 Å². The number of nitrogens with one attached hydrogen (secondary N) is 2. The fourth-order valence-corrected chi connectivity index (χ4v) is 5.09. The van der Waals surface area contributed by atoms with E-state index >= 15 is 0 Å². The lowest BCUT2D eigenvalue weighted by Crippen LogP contribution is -2.22. The Morgan fingerprint density at radius 1 is 1.03 bits per heavy atom. The smallest absolute Gasteiger partial charge is 0.412 e. The summed E-state index contributed by atoms with van der Waals surface area (Å²) in [7, 11) is 0. The number of anilines is 3. The highest BCUT2D eigenvalue weighted by Gasteiger charge is 2.27. The van der Waals surface area contributed by atoms with E-state index in [2.05, 4.69) is 58.4 Å². The normalized spacial score (nSPS) is 12.6. The maximum atomic E-state index is 12.8. The first-order valence-electron chi connectivity index (χ1n) is 11.4. The molecule has 0 saturated heterocycles. The third-order valence-corrected chi connectivity index (χ3v) is 7.07. The number of carbonyl (C=O) groups excluding carboxylic acids is 2. The molecule has 7 nitrogen and oxygen atoms in total. The minimum Gasteiger partial charge on any atom is -0.506 e. The molecule has 0 saturated carbocycles. The van der Waals surface area contributed by atoms with Crippen molar-refractivity contribution >= 4 is 76.9 Å². The van der Waals surface area contributed by atoms with E-state index in [1.807, 2.05) is 19.1 Å². The molecule has 0 aromatic heterocycles. The van der Waals surface area contributed by atoms with E-state index < -0.39 is 12.2 Å². The number of hydrogen-bond acceptors (Lipinski definition) is 5. The van der Waals surface area contributed by atoms with Crippen LogP contribution in [0.15, 0.2) is 86.2 Å². The molecular weight excluding hydrogens is 670 g/mol. The minimum absolute atomic E-state index is 0.00754. The van der Waals surface area contributed by atoms with Crippen LogP contribution in [-0.2, 0) is 9.53 Å². The topological polar surface area (TPSA) is 114 Å². The molecule has 0 aliphatic heterocycles. The molecule has 0 aliphatic carbocycles. The summed E-state index contributed by atoms with van der Waals surface area (Å²) >= 11 is 10.1. The second-order valence-electron chi connectivity index (χ2n) is 8.32. The van der Waals surface area contributed by atoms with Gasteiger partial charge in [0.15, 0.2) is 0 Å². The highest BCUT2D eigenvalue weighted by atomic mass is 79.9. The number of aromatic hydroxyl groups is 1. The summed E-state index contributed by atoms with van der Waals surface area (Å²) in [6.45, 7) is 1.92. The molecule has 0 spiro atoms. The summed E-state index contributed by atoms with van der Waals surface area (Å²) in [6, 6.07) is 17.6. The molecule has 5 N–H and O–H groups in total. The molecule has 0 heterocycles. The van der Waals surface area contributed by atoms with Gasteiger partial charge in [0, 0.05) is 20.2 Å². The number of allylic oxidation sites excluding steroid dienone is 1. The Bertz CT molecular complexity index is 1280. The number of halogens is 3. The predicted octanol–water partition coefficient (Wildman–Crippen LogP) is 8.16. The van der Waals surface area contributed by atoms with Gasteiger partial charge in [-0.15, -0.1) is 0 Å².